The maximum absolute atomic E-state index is 11.6. The highest BCUT2D eigenvalue weighted by Gasteiger charge is 2.58. The topological polar surface area (TPSA) is 66.8 Å². The van der Waals surface area contributed by atoms with E-state index < -0.39 is 17.1 Å². The Kier molecular flexibility index (Phi) is 2.51. The highest BCUT2D eigenvalue weighted by Crippen LogP contribution is 2.56. The first kappa shape index (κ1) is 12.9. The minimum atomic E-state index is -0.967. The number of esters is 1. The van der Waals surface area contributed by atoms with Crippen molar-refractivity contribution >= 4 is 5.97 Å². The summed E-state index contributed by atoms with van der Waals surface area (Å²) in [6.45, 7) is 7.54. The molecular formula is C15H20O4. The molecule has 0 radical (unpaired) electrons. The molecule has 4 heteroatoms. The SMILES string of the molecule is C=C1C(=O)O[C@@H]2C[C@]3(C)[C@@H](C[C@H]12)[C@](C)(O)C=C[C@@H]3O. The molecule has 0 aromatic heterocycles. The molecule has 1 aliphatic heterocycles. The zero-order chi connectivity index (χ0) is 14.0. The minimum Gasteiger partial charge on any atom is -0.458 e. The minimum absolute atomic E-state index is 0.0317. The summed E-state index contributed by atoms with van der Waals surface area (Å²) < 4.78 is 5.35. The Labute approximate surface area is 112 Å². The summed E-state index contributed by atoms with van der Waals surface area (Å²) in [5, 5.41) is 20.9. The summed E-state index contributed by atoms with van der Waals surface area (Å²) in [6, 6.07) is 0. The third-order valence-corrected chi connectivity index (χ3v) is 5.34. The largest absolute Gasteiger partial charge is 0.458 e. The lowest BCUT2D eigenvalue weighted by molar-refractivity contribution is -0.154. The second kappa shape index (κ2) is 3.70. The zero-order valence-corrected chi connectivity index (χ0v) is 11.3. The maximum atomic E-state index is 11.6. The van der Waals surface area contributed by atoms with E-state index >= 15 is 0 Å². The van der Waals surface area contributed by atoms with E-state index in [-0.39, 0.29) is 23.9 Å². The van der Waals surface area contributed by atoms with Gasteiger partial charge >= 0.3 is 5.97 Å². The van der Waals surface area contributed by atoms with Crippen LogP contribution >= 0.6 is 0 Å². The molecule has 1 saturated heterocycles. The Balaban J connectivity index is 2.00. The molecule has 2 aliphatic carbocycles. The predicted molar refractivity (Wildman–Crippen MR) is 69.1 cm³/mol. The fraction of sp³-hybridized carbons (Fsp3) is 0.667. The molecule has 0 amide bonds. The van der Waals surface area contributed by atoms with E-state index in [2.05, 4.69) is 6.58 Å². The molecule has 2 fully saturated rings. The molecule has 3 aliphatic rings. The second-order valence-electron chi connectivity index (χ2n) is 6.60. The molecule has 4 nitrogen and oxygen atoms in total. The molecule has 6 atom stereocenters. The first-order valence-corrected chi connectivity index (χ1v) is 6.75. The van der Waals surface area contributed by atoms with Gasteiger partial charge in [0.2, 0.25) is 0 Å². The first-order chi connectivity index (χ1) is 8.75. The van der Waals surface area contributed by atoms with Crippen molar-refractivity contribution in [2.75, 3.05) is 0 Å². The van der Waals surface area contributed by atoms with Crippen molar-refractivity contribution in [2.24, 2.45) is 17.3 Å². The summed E-state index contributed by atoms with van der Waals surface area (Å²) in [5.41, 5.74) is -0.929. The van der Waals surface area contributed by atoms with Gasteiger partial charge in [0.25, 0.3) is 0 Å². The smallest absolute Gasteiger partial charge is 0.334 e. The number of aliphatic hydroxyl groups excluding tert-OH is 1. The van der Waals surface area contributed by atoms with Gasteiger partial charge < -0.3 is 14.9 Å². The van der Waals surface area contributed by atoms with Gasteiger partial charge in [0.05, 0.1) is 11.7 Å². The van der Waals surface area contributed by atoms with Crippen LogP contribution in [-0.4, -0.2) is 34.0 Å². The number of carbonyl (C=O) groups excluding carboxylic acids is 1. The van der Waals surface area contributed by atoms with Crippen LogP contribution in [0.15, 0.2) is 24.3 Å². The number of ether oxygens (including phenoxy) is 1. The molecule has 104 valence electrons. The van der Waals surface area contributed by atoms with Crippen LogP contribution in [0, 0.1) is 17.3 Å². The molecule has 0 spiro atoms. The number of rotatable bonds is 0. The maximum Gasteiger partial charge on any atom is 0.334 e. The summed E-state index contributed by atoms with van der Waals surface area (Å²) in [6.07, 6.45) is 3.69. The number of carbonyl (C=O) groups is 1. The Hall–Kier alpha value is -1.13. The standard InChI is InChI=1S/C15H20O4/c1-8-9-6-11-14(2,7-10(9)19-13(8)17)12(16)4-5-15(11,3)18/h4-5,9-12,16,18H,1,6-7H2,2-3H3/t9-,10-,11-,12+,14-,15-/m1/s1. The highest BCUT2D eigenvalue weighted by molar-refractivity contribution is 5.90. The van der Waals surface area contributed by atoms with Crippen LogP contribution in [0.25, 0.3) is 0 Å². The molecule has 0 aromatic rings. The highest BCUT2D eigenvalue weighted by atomic mass is 16.6. The Morgan fingerprint density at radius 2 is 2.16 bits per heavy atom. The van der Waals surface area contributed by atoms with Crippen LogP contribution in [0.5, 0.6) is 0 Å². The molecule has 19 heavy (non-hydrogen) atoms. The molecule has 2 N–H and O–H groups in total. The number of fused-ring (bicyclic) bond motifs is 2. The van der Waals surface area contributed by atoms with Crippen LogP contribution in [0.3, 0.4) is 0 Å². The van der Waals surface area contributed by atoms with Gasteiger partial charge in [0.1, 0.15) is 6.10 Å². The van der Waals surface area contributed by atoms with Gasteiger partial charge in [-0.3, -0.25) is 0 Å². The quantitative estimate of drug-likeness (QED) is 0.392. The number of aliphatic hydroxyl groups is 2. The van der Waals surface area contributed by atoms with Crippen molar-refractivity contribution in [2.45, 2.75) is 44.5 Å². The summed E-state index contributed by atoms with van der Waals surface area (Å²) in [7, 11) is 0. The first-order valence-electron chi connectivity index (χ1n) is 6.75. The third kappa shape index (κ3) is 1.63. The Morgan fingerprint density at radius 3 is 2.84 bits per heavy atom. The fourth-order valence-corrected chi connectivity index (χ4v) is 4.10. The average molecular weight is 264 g/mol. The second-order valence-corrected chi connectivity index (χ2v) is 6.60. The van der Waals surface area contributed by atoms with Crippen molar-refractivity contribution in [3.05, 3.63) is 24.3 Å². The van der Waals surface area contributed by atoms with Crippen molar-refractivity contribution in [3.8, 4) is 0 Å². The molecule has 0 unspecified atom stereocenters. The fourth-order valence-electron chi connectivity index (χ4n) is 4.10. The van der Waals surface area contributed by atoms with E-state index in [1.54, 1.807) is 19.1 Å². The van der Waals surface area contributed by atoms with Crippen molar-refractivity contribution in [3.63, 3.8) is 0 Å². The average Bonchev–Trinajstić information content (AvgIpc) is 2.59. The molecular weight excluding hydrogens is 244 g/mol. The van der Waals surface area contributed by atoms with Crippen LogP contribution in [0.1, 0.15) is 26.7 Å². The van der Waals surface area contributed by atoms with Gasteiger partial charge in [-0.25, -0.2) is 4.79 Å². The van der Waals surface area contributed by atoms with E-state index in [1.807, 2.05) is 6.92 Å². The van der Waals surface area contributed by atoms with E-state index in [0.717, 1.165) is 0 Å². The van der Waals surface area contributed by atoms with Crippen LogP contribution < -0.4 is 0 Å². The molecule has 0 aromatic carbocycles. The van der Waals surface area contributed by atoms with Gasteiger partial charge in [0.15, 0.2) is 0 Å². The van der Waals surface area contributed by atoms with E-state index in [9.17, 15) is 15.0 Å². The van der Waals surface area contributed by atoms with Crippen molar-refractivity contribution in [1.82, 2.24) is 0 Å². The molecule has 0 bridgehead atoms. The summed E-state index contributed by atoms with van der Waals surface area (Å²) in [5.74, 6) is -0.470. The summed E-state index contributed by atoms with van der Waals surface area (Å²) in [4.78, 5) is 11.6. The normalized spacial score (nSPS) is 52.6. The van der Waals surface area contributed by atoms with Gasteiger partial charge in [-0.15, -0.1) is 0 Å². The van der Waals surface area contributed by atoms with Crippen LogP contribution in [0.4, 0.5) is 0 Å². The number of hydrogen-bond acceptors (Lipinski definition) is 4. The third-order valence-electron chi connectivity index (χ3n) is 5.34. The molecule has 1 saturated carbocycles. The Bertz CT molecular complexity index is 479. The lowest BCUT2D eigenvalue weighted by Gasteiger charge is -2.54. The lowest BCUT2D eigenvalue weighted by Crippen LogP contribution is -2.57. The van der Waals surface area contributed by atoms with E-state index in [1.165, 1.54) is 0 Å². The van der Waals surface area contributed by atoms with Crippen molar-refractivity contribution in [1.29, 1.82) is 0 Å². The van der Waals surface area contributed by atoms with Gasteiger partial charge in [-0.1, -0.05) is 25.7 Å². The zero-order valence-electron chi connectivity index (χ0n) is 11.3. The van der Waals surface area contributed by atoms with Gasteiger partial charge in [0, 0.05) is 16.9 Å². The van der Waals surface area contributed by atoms with Crippen molar-refractivity contribution < 1.29 is 19.7 Å². The van der Waals surface area contributed by atoms with E-state index in [0.29, 0.717) is 18.4 Å². The predicted octanol–water partition coefficient (Wildman–Crippen LogP) is 1.18. The lowest BCUT2D eigenvalue weighted by atomic mass is 9.53. The van der Waals surface area contributed by atoms with Crippen LogP contribution in [0.2, 0.25) is 0 Å². The monoisotopic (exact) mass is 264 g/mol. The molecule has 1 heterocycles. The van der Waals surface area contributed by atoms with Gasteiger partial charge in [-0.05, 0) is 25.7 Å². The molecule has 3 rings (SSSR count). The Morgan fingerprint density at radius 1 is 1.47 bits per heavy atom. The summed E-state index contributed by atoms with van der Waals surface area (Å²) >= 11 is 0. The van der Waals surface area contributed by atoms with Crippen LogP contribution in [-0.2, 0) is 9.53 Å². The number of hydrogen-bond donors (Lipinski definition) is 2. The van der Waals surface area contributed by atoms with E-state index in [4.69, 9.17) is 4.74 Å². The van der Waals surface area contributed by atoms with Gasteiger partial charge in [-0.2, -0.15) is 0 Å².